The number of nitrogens with zero attached hydrogens (tertiary/aromatic N) is 1. The van der Waals surface area contributed by atoms with E-state index in [1.54, 1.807) is 31.3 Å². The van der Waals surface area contributed by atoms with E-state index < -0.39 is 0 Å². The second kappa shape index (κ2) is 9.41. The molecule has 2 aromatic rings. The van der Waals surface area contributed by atoms with Crippen molar-refractivity contribution in [2.24, 2.45) is 0 Å². The van der Waals surface area contributed by atoms with E-state index in [1.807, 2.05) is 31.2 Å². The molecule has 0 heterocycles. The molecule has 0 saturated carbocycles. The van der Waals surface area contributed by atoms with E-state index >= 15 is 0 Å². The van der Waals surface area contributed by atoms with Crippen molar-refractivity contribution in [3.05, 3.63) is 69.7 Å². The lowest BCUT2D eigenvalue weighted by Gasteiger charge is -2.16. The molecular weight excluding hydrogens is 371 g/mol. The number of carbonyl (C=O) groups excluding carboxylic acids is 2. The number of rotatable bonds is 6. The van der Waals surface area contributed by atoms with E-state index in [0.29, 0.717) is 15.6 Å². The number of para-hydroxylation sites is 1. The molecule has 2 aromatic carbocycles. The van der Waals surface area contributed by atoms with Gasteiger partial charge in [-0.05, 0) is 41.8 Å². The van der Waals surface area contributed by atoms with Crippen LogP contribution in [0.1, 0.15) is 18.1 Å². The summed E-state index contributed by atoms with van der Waals surface area (Å²) in [6.07, 6.45) is 3.79. The molecule has 26 heavy (non-hydrogen) atoms. The number of likely N-dealkylation sites (N-methyl/N-ethyl adjacent to an activating group) is 1. The maximum absolute atomic E-state index is 12.2. The second-order valence-electron chi connectivity index (χ2n) is 5.75. The highest BCUT2D eigenvalue weighted by atomic mass is 35.5. The van der Waals surface area contributed by atoms with Gasteiger partial charge < -0.3 is 10.2 Å². The van der Waals surface area contributed by atoms with Gasteiger partial charge in [-0.15, -0.1) is 0 Å². The van der Waals surface area contributed by atoms with Gasteiger partial charge in [-0.3, -0.25) is 9.59 Å². The van der Waals surface area contributed by atoms with Crippen molar-refractivity contribution in [2.75, 3.05) is 18.9 Å². The van der Waals surface area contributed by atoms with E-state index in [0.717, 1.165) is 17.7 Å². The molecule has 2 amide bonds. The molecule has 4 nitrogen and oxygen atoms in total. The highest BCUT2D eigenvalue weighted by Crippen LogP contribution is 2.22. The smallest absolute Gasteiger partial charge is 0.246 e. The normalized spacial score (nSPS) is 10.8. The predicted molar refractivity (Wildman–Crippen MR) is 108 cm³/mol. The summed E-state index contributed by atoms with van der Waals surface area (Å²) in [6.45, 7) is 1.98. The van der Waals surface area contributed by atoms with Crippen LogP contribution in [0.5, 0.6) is 0 Å². The number of nitrogens with one attached hydrogen (secondary N) is 1. The van der Waals surface area contributed by atoms with E-state index in [4.69, 9.17) is 23.2 Å². The average Bonchev–Trinajstić information content (AvgIpc) is 2.61. The van der Waals surface area contributed by atoms with Crippen LogP contribution in [0.2, 0.25) is 10.0 Å². The first kappa shape index (κ1) is 20.0. The van der Waals surface area contributed by atoms with Crippen LogP contribution in [-0.4, -0.2) is 30.3 Å². The average molecular weight is 391 g/mol. The zero-order valence-corrected chi connectivity index (χ0v) is 16.1. The molecule has 0 saturated heterocycles. The molecule has 0 bridgehead atoms. The van der Waals surface area contributed by atoms with Crippen molar-refractivity contribution in [1.29, 1.82) is 0 Å². The first-order chi connectivity index (χ1) is 12.4. The minimum absolute atomic E-state index is 0.0461. The molecule has 0 atom stereocenters. The monoisotopic (exact) mass is 390 g/mol. The highest BCUT2D eigenvalue weighted by molar-refractivity contribution is 6.35. The molecule has 0 fully saturated rings. The van der Waals surface area contributed by atoms with Gasteiger partial charge in [0, 0.05) is 28.9 Å². The van der Waals surface area contributed by atoms with Gasteiger partial charge in [0.2, 0.25) is 11.8 Å². The second-order valence-corrected chi connectivity index (χ2v) is 6.60. The van der Waals surface area contributed by atoms with Gasteiger partial charge in [-0.1, -0.05) is 54.4 Å². The van der Waals surface area contributed by atoms with Crippen LogP contribution < -0.4 is 5.32 Å². The molecule has 0 aliphatic rings. The maximum Gasteiger partial charge on any atom is 0.246 e. The molecule has 0 aromatic heterocycles. The van der Waals surface area contributed by atoms with E-state index in [-0.39, 0.29) is 18.4 Å². The molecular formula is C20H20Cl2N2O2. The van der Waals surface area contributed by atoms with Crippen LogP contribution in [0.15, 0.2) is 48.5 Å². The van der Waals surface area contributed by atoms with Crippen LogP contribution in [0.25, 0.3) is 6.08 Å². The van der Waals surface area contributed by atoms with Crippen LogP contribution in [0.4, 0.5) is 5.69 Å². The predicted octanol–water partition coefficient (Wildman–Crippen LogP) is 4.67. The first-order valence-corrected chi connectivity index (χ1v) is 8.92. The summed E-state index contributed by atoms with van der Waals surface area (Å²) in [6, 6.07) is 12.6. The van der Waals surface area contributed by atoms with E-state index in [9.17, 15) is 9.59 Å². The van der Waals surface area contributed by atoms with Gasteiger partial charge in [-0.2, -0.15) is 0 Å². The molecule has 0 aliphatic carbocycles. The Morgan fingerprint density at radius 1 is 1.15 bits per heavy atom. The van der Waals surface area contributed by atoms with Gasteiger partial charge in [0.05, 0.1) is 6.54 Å². The summed E-state index contributed by atoms with van der Waals surface area (Å²) in [4.78, 5) is 25.7. The molecule has 0 unspecified atom stereocenters. The molecule has 6 heteroatoms. The lowest BCUT2D eigenvalue weighted by Crippen LogP contribution is -2.34. The quantitative estimate of drug-likeness (QED) is 0.728. The number of hydrogen-bond donors (Lipinski definition) is 1. The minimum Gasteiger partial charge on any atom is -0.333 e. The fourth-order valence-electron chi connectivity index (χ4n) is 2.36. The molecule has 0 spiro atoms. The Kier molecular flexibility index (Phi) is 7.25. The lowest BCUT2D eigenvalue weighted by atomic mass is 10.1. The minimum atomic E-state index is -0.296. The van der Waals surface area contributed by atoms with Crippen molar-refractivity contribution < 1.29 is 9.59 Å². The molecule has 0 radical (unpaired) electrons. The van der Waals surface area contributed by atoms with Gasteiger partial charge in [0.1, 0.15) is 0 Å². The van der Waals surface area contributed by atoms with Crippen molar-refractivity contribution in [1.82, 2.24) is 4.90 Å². The number of hydrogen-bond acceptors (Lipinski definition) is 2. The largest absolute Gasteiger partial charge is 0.333 e. The summed E-state index contributed by atoms with van der Waals surface area (Å²) in [7, 11) is 1.57. The van der Waals surface area contributed by atoms with Gasteiger partial charge in [0.25, 0.3) is 0 Å². The Hall–Kier alpha value is -2.30. The Morgan fingerprint density at radius 2 is 1.88 bits per heavy atom. The number of benzene rings is 2. The van der Waals surface area contributed by atoms with Crippen molar-refractivity contribution >= 4 is 46.8 Å². The Labute approximate surface area is 163 Å². The third kappa shape index (κ3) is 5.61. The highest BCUT2D eigenvalue weighted by Gasteiger charge is 2.12. The third-order valence-corrected chi connectivity index (χ3v) is 4.36. The zero-order chi connectivity index (χ0) is 19.1. The standard InChI is InChI=1S/C20H20Cl2N2O2/c1-3-14-6-4-5-7-18(14)23-19(25)13-24(2)20(26)11-9-15-8-10-16(21)12-17(15)22/h4-12H,3,13H2,1-2H3,(H,23,25)/b11-9+. The van der Waals surface area contributed by atoms with E-state index in [1.165, 1.54) is 11.0 Å². The molecule has 0 aliphatic heterocycles. The topological polar surface area (TPSA) is 49.4 Å². The summed E-state index contributed by atoms with van der Waals surface area (Å²) < 4.78 is 0. The number of aryl methyl sites for hydroxylation is 1. The maximum atomic E-state index is 12.2. The van der Waals surface area contributed by atoms with Crippen molar-refractivity contribution in [3.8, 4) is 0 Å². The fraction of sp³-hybridized carbons (Fsp3) is 0.200. The van der Waals surface area contributed by atoms with Crippen LogP contribution in [0.3, 0.4) is 0 Å². The fourth-order valence-corrected chi connectivity index (χ4v) is 2.83. The van der Waals surface area contributed by atoms with Crippen molar-refractivity contribution in [3.63, 3.8) is 0 Å². The number of carbonyl (C=O) groups is 2. The summed E-state index contributed by atoms with van der Waals surface area (Å²) in [5.74, 6) is -0.547. The summed E-state index contributed by atoms with van der Waals surface area (Å²) in [5, 5.41) is 3.83. The van der Waals surface area contributed by atoms with Crippen LogP contribution >= 0.6 is 23.2 Å². The SMILES string of the molecule is CCc1ccccc1NC(=O)CN(C)C(=O)/C=C/c1ccc(Cl)cc1Cl. The molecule has 136 valence electrons. The number of anilines is 1. The van der Waals surface area contributed by atoms with Crippen LogP contribution in [0, 0.1) is 0 Å². The number of amides is 2. The molecule has 1 N–H and O–H groups in total. The first-order valence-electron chi connectivity index (χ1n) is 8.16. The van der Waals surface area contributed by atoms with Crippen molar-refractivity contribution in [2.45, 2.75) is 13.3 Å². The lowest BCUT2D eigenvalue weighted by molar-refractivity contribution is -0.129. The third-order valence-electron chi connectivity index (χ3n) is 3.80. The molecule has 2 rings (SSSR count). The Bertz CT molecular complexity index is 834. The Balaban J connectivity index is 1.95. The van der Waals surface area contributed by atoms with Crippen LogP contribution in [-0.2, 0) is 16.0 Å². The van der Waals surface area contributed by atoms with Gasteiger partial charge in [0.15, 0.2) is 0 Å². The number of halogens is 2. The van der Waals surface area contributed by atoms with Gasteiger partial charge in [-0.25, -0.2) is 0 Å². The zero-order valence-electron chi connectivity index (χ0n) is 14.6. The van der Waals surface area contributed by atoms with Gasteiger partial charge >= 0.3 is 0 Å². The summed E-state index contributed by atoms with van der Waals surface area (Å²) >= 11 is 11.9. The summed E-state index contributed by atoms with van der Waals surface area (Å²) in [5.41, 5.74) is 2.50. The Morgan fingerprint density at radius 3 is 2.58 bits per heavy atom. The van der Waals surface area contributed by atoms with E-state index in [2.05, 4.69) is 5.32 Å².